The number of hydrogen-bond acceptors (Lipinski definition) is 3. The van der Waals surface area contributed by atoms with Gasteiger partial charge in [-0.15, -0.1) is 0 Å². The Morgan fingerprint density at radius 3 is 2.82 bits per heavy atom. The standard InChI is InChI=1S/C12H6ClFN2S/c13-11-10-8(14)2-1-3-9(10)15-12(16-11)7-4-5-17-6-7/h1-6H. The van der Waals surface area contributed by atoms with Gasteiger partial charge in [0.25, 0.3) is 0 Å². The van der Waals surface area contributed by atoms with Gasteiger partial charge in [-0.25, -0.2) is 14.4 Å². The zero-order valence-electron chi connectivity index (χ0n) is 8.52. The molecule has 3 aromatic rings. The van der Waals surface area contributed by atoms with Crippen LogP contribution in [0.2, 0.25) is 5.15 Å². The zero-order chi connectivity index (χ0) is 11.8. The van der Waals surface area contributed by atoms with E-state index in [0.717, 1.165) is 5.56 Å². The normalized spacial score (nSPS) is 10.9. The smallest absolute Gasteiger partial charge is 0.162 e. The summed E-state index contributed by atoms with van der Waals surface area (Å²) in [4.78, 5) is 8.44. The molecule has 2 aromatic heterocycles. The van der Waals surface area contributed by atoms with E-state index in [-0.39, 0.29) is 10.5 Å². The van der Waals surface area contributed by atoms with Gasteiger partial charge in [0.1, 0.15) is 11.0 Å². The zero-order valence-corrected chi connectivity index (χ0v) is 10.1. The minimum absolute atomic E-state index is 0.148. The number of rotatable bonds is 1. The maximum atomic E-state index is 13.6. The Hall–Kier alpha value is -1.52. The molecule has 0 unspecified atom stereocenters. The van der Waals surface area contributed by atoms with E-state index in [1.165, 1.54) is 6.07 Å². The molecule has 0 saturated carbocycles. The van der Waals surface area contributed by atoms with Crippen LogP contribution in [-0.2, 0) is 0 Å². The SMILES string of the molecule is Fc1cccc2nc(-c3ccsc3)nc(Cl)c12. The number of hydrogen-bond donors (Lipinski definition) is 0. The van der Waals surface area contributed by atoms with E-state index in [1.807, 2.05) is 16.8 Å². The minimum Gasteiger partial charge on any atom is -0.228 e. The van der Waals surface area contributed by atoms with Crippen molar-refractivity contribution in [3.05, 3.63) is 46.0 Å². The predicted molar refractivity (Wildman–Crippen MR) is 67.8 cm³/mol. The van der Waals surface area contributed by atoms with Crippen molar-refractivity contribution >= 4 is 33.8 Å². The summed E-state index contributed by atoms with van der Waals surface area (Å²) in [5, 5.41) is 4.28. The van der Waals surface area contributed by atoms with E-state index in [0.29, 0.717) is 11.3 Å². The van der Waals surface area contributed by atoms with Crippen molar-refractivity contribution in [2.24, 2.45) is 0 Å². The lowest BCUT2D eigenvalue weighted by molar-refractivity contribution is 0.639. The average molecular weight is 265 g/mol. The summed E-state index contributed by atoms with van der Waals surface area (Å²) in [5.41, 5.74) is 1.41. The van der Waals surface area contributed by atoms with Crippen molar-refractivity contribution in [2.45, 2.75) is 0 Å². The van der Waals surface area contributed by atoms with E-state index >= 15 is 0 Å². The Morgan fingerprint density at radius 1 is 1.18 bits per heavy atom. The summed E-state index contributed by atoms with van der Waals surface area (Å²) >= 11 is 7.55. The number of aromatic nitrogens is 2. The van der Waals surface area contributed by atoms with Crippen molar-refractivity contribution in [1.29, 1.82) is 0 Å². The Bertz CT molecular complexity index is 682. The second-order valence-electron chi connectivity index (χ2n) is 3.48. The van der Waals surface area contributed by atoms with Gasteiger partial charge in [0, 0.05) is 10.9 Å². The summed E-state index contributed by atoms with van der Waals surface area (Å²) in [6, 6.07) is 6.59. The van der Waals surface area contributed by atoms with Crippen LogP contribution < -0.4 is 0 Å². The number of fused-ring (bicyclic) bond motifs is 1. The molecule has 17 heavy (non-hydrogen) atoms. The molecule has 5 heteroatoms. The topological polar surface area (TPSA) is 25.8 Å². The molecule has 0 aliphatic carbocycles. The molecule has 2 heterocycles. The van der Waals surface area contributed by atoms with Crippen LogP contribution in [0.25, 0.3) is 22.3 Å². The fourth-order valence-corrected chi connectivity index (χ4v) is 2.52. The molecule has 0 spiro atoms. The lowest BCUT2D eigenvalue weighted by atomic mass is 10.2. The Labute approximate surface area is 106 Å². The predicted octanol–water partition coefficient (Wildman–Crippen LogP) is 4.15. The molecular formula is C12H6ClFN2S. The quantitative estimate of drug-likeness (QED) is 0.617. The highest BCUT2D eigenvalue weighted by atomic mass is 35.5. The van der Waals surface area contributed by atoms with Crippen molar-refractivity contribution in [3.8, 4) is 11.4 Å². The van der Waals surface area contributed by atoms with Gasteiger partial charge in [-0.3, -0.25) is 0 Å². The lowest BCUT2D eigenvalue weighted by Crippen LogP contribution is -1.92. The van der Waals surface area contributed by atoms with E-state index in [4.69, 9.17) is 11.6 Å². The van der Waals surface area contributed by atoms with Crippen LogP contribution in [0.15, 0.2) is 35.0 Å². The molecule has 0 N–H and O–H groups in total. The second kappa shape index (κ2) is 4.05. The second-order valence-corrected chi connectivity index (χ2v) is 4.62. The number of thiophene rings is 1. The van der Waals surface area contributed by atoms with Gasteiger partial charge in [-0.05, 0) is 23.6 Å². The molecule has 0 bridgehead atoms. The third kappa shape index (κ3) is 1.79. The molecule has 0 saturated heterocycles. The highest BCUT2D eigenvalue weighted by Crippen LogP contribution is 2.27. The largest absolute Gasteiger partial charge is 0.228 e. The molecule has 0 aliphatic rings. The molecule has 3 rings (SSSR count). The van der Waals surface area contributed by atoms with Crippen LogP contribution in [-0.4, -0.2) is 9.97 Å². The van der Waals surface area contributed by atoms with Crippen LogP contribution in [0.4, 0.5) is 4.39 Å². The van der Waals surface area contributed by atoms with Gasteiger partial charge in [-0.2, -0.15) is 11.3 Å². The van der Waals surface area contributed by atoms with Gasteiger partial charge in [0.2, 0.25) is 0 Å². The Morgan fingerprint density at radius 2 is 2.06 bits per heavy atom. The van der Waals surface area contributed by atoms with Crippen LogP contribution in [0.3, 0.4) is 0 Å². The average Bonchev–Trinajstić information content (AvgIpc) is 2.81. The summed E-state index contributed by atoms with van der Waals surface area (Å²) < 4.78 is 13.6. The Kier molecular flexibility index (Phi) is 2.53. The first-order valence-electron chi connectivity index (χ1n) is 4.90. The maximum absolute atomic E-state index is 13.6. The monoisotopic (exact) mass is 264 g/mol. The molecule has 0 amide bonds. The van der Waals surface area contributed by atoms with E-state index in [2.05, 4.69) is 9.97 Å². The van der Waals surface area contributed by atoms with Crippen LogP contribution in [0.1, 0.15) is 0 Å². The summed E-state index contributed by atoms with van der Waals surface area (Å²) in [6.07, 6.45) is 0. The first-order valence-corrected chi connectivity index (χ1v) is 6.22. The third-order valence-corrected chi connectivity index (χ3v) is 3.36. The van der Waals surface area contributed by atoms with Crippen molar-refractivity contribution in [1.82, 2.24) is 9.97 Å². The van der Waals surface area contributed by atoms with Gasteiger partial charge >= 0.3 is 0 Å². The molecular weight excluding hydrogens is 259 g/mol. The van der Waals surface area contributed by atoms with E-state index in [9.17, 15) is 4.39 Å². The highest BCUT2D eigenvalue weighted by Gasteiger charge is 2.11. The first kappa shape index (κ1) is 10.6. The molecule has 0 fully saturated rings. The fourth-order valence-electron chi connectivity index (χ4n) is 1.62. The summed E-state index contributed by atoms with van der Waals surface area (Å²) in [6.45, 7) is 0. The number of benzene rings is 1. The van der Waals surface area contributed by atoms with Crippen molar-refractivity contribution < 1.29 is 4.39 Å². The summed E-state index contributed by atoms with van der Waals surface area (Å²) in [5.74, 6) is 0.124. The molecule has 0 atom stereocenters. The van der Waals surface area contributed by atoms with Gasteiger partial charge in [0.15, 0.2) is 5.82 Å². The van der Waals surface area contributed by atoms with Crippen molar-refractivity contribution in [3.63, 3.8) is 0 Å². The highest BCUT2D eigenvalue weighted by molar-refractivity contribution is 7.08. The molecule has 84 valence electrons. The molecule has 2 nitrogen and oxygen atoms in total. The van der Waals surface area contributed by atoms with Crippen molar-refractivity contribution in [2.75, 3.05) is 0 Å². The maximum Gasteiger partial charge on any atom is 0.162 e. The first-order chi connectivity index (χ1) is 8.25. The van der Waals surface area contributed by atoms with Gasteiger partial charge < -0.3 is 0 Å². The fraction of sp³-hybridized carbons (Fsp3) is 0. The minimum atomic E-state index is -0.399. The van der Waals surface area contributed by atoms with Crippen LogP contribution in [0, 0.1) is 5.82 Å². The molecule has 0 radical (unpaired) electrons. The van der Waals surface area contributed by atoms with Crippen LogP contribution in [0.5, 0.6) is 0 Å². The molecule has 1 aromatic carbocycles. The Balaban J connectivity index is 2.32. The van der Waals surface area contributed by atoms with Crippen LogP contribution >= 0.6 is 22.9 Å². The van der Waals surface area contributed by atoms with Gasteiger partial charge in [-0.1, -0.05) is 17.7 Å². The summed E-state index contributed by atoms with van der Waals surface area (Å²) in [7, 11) is 0. The van der Waals surface area contributed by atoms with E-state index in [1.54, 1.807) is 23.5 Å². The molecule has 0 aliphatic heterocycles. The van der Waals surface area contributed by atoms with E-state index < -0.39 is 5.82 Å². The number of nitrogens with zero attached hydrogens (tertiary/aromatic N) is 2. The number of halogens is 2. The lowest BCUT2D eigenvalue weighted by Gasteiger charge is -2.03. The van der Waals surface area contributed by atoms with Gasteiger partial charge in [0.05, 0.1) is 10.9 Å². The third-order valence-electron chi connectivity index (χ3n) is 2.41.